The van der Waals surface area contributed by atoms with Crippen LogP contribution in [0.25, 0.3) is 0 Å². The Kier molecular flexibility index (Phi) is 4.96. The summed E-state index contributed by atoms with van der Waals surface area (Å²) in [5, 5.41) is 22.1. The van der Waals surface area contributed by atoms with Crippen molar-refractivity contribution in [1.29, 1.82) is 0 Å². The van der Waals surface area contributed by atoms with Crippen LogP contribution in [0.1, 0.15) is 22.3 Å². The number of carboxylic acids is 1. The van der Waals surface area contributed by atoms with Gasteiger partial charge in [0, 0.05) is 6.07 Å². The van der Waals surface area contributed by atoms with E-state index in [9.17, 15) is 19.7 Å². The fourth-order valence-corrected chi connectivity index (χ4v) is 1.62. The van der Waals surface area contributed by atoms with Crippen LogP contribution in [0.15, 0.2) is 30.9 Å². The summed E-state index contributed by atoms with van der Waals surface area (Å²) < 4.78 is 0. The Bertz CT molecular complexity index is 568. The van der Waals surface area contributed by atoms with E-state index in [1.54, 1.807) is 6.92 Å². The third-order valence-electron chi connectivity index (χ3n) is 2.60. The minimum Gasteiger partial charge on any atom is -0.480 e. The monoisotopic (exact) mass is 278 g/mol. The summed E-state index contributed by atoms with van der Waals surface area (Å²) in [6, 6.07) is 2.90. The van der Waals surface area contributed by atoms with Gasteiger partial charge in [-0.05, 0) is 25.0 Å². The lowest BCUT2D eigenvalue weighted by molar-refractivity contribution is -0.385. The molecule has 1 rings (SSSR count). The maximum absolute atomic E-state index is 12.0. The summed E-state index contributed by atoms with van der Waals surface area (Å²) in [7, 11) is 0. The number of carboxylic acid groups (broad SMARTS) is 1. The number of aryl methyl sites for hydroxylation is 1. The number of nitrogens with one attached hydrogen (secondary N) is 1. The van der Waals surface area contributed by atoms with Gasteiger partial charge in [0.05, 0.1) is 4.92 Å². The molecule has 1 aromatic rings. The van der Waals surface area contributed by atoms with Crippen LogP contribution in [0.4, 0.5) is 5.69 Å². The van der Waals surface area contributed by atoms with E-state index in [-0.39, 0.29) is 17.7 Å². The highest BCUT2D eigenvalue weighted by Gasteiger charge is 2.24. The van der Waals surface area contributed by atoms with Crippen molar-refractivity contribution < 1.29 is 19.6 Å². The minimum absolute atomic E-state index is 0.0285. The van der Waals surface area contributed by atoms with Gasteiger partial charge in [-0.25, -0.2) is 4.79 Å². The second kappa shape index (κ2) is 6.46. The molecule has 106 valence electrons. The van der Waals surface area contributed by atoms with Gasteiger partial charge in [0.15, 0.2) is 0 Å². The Balaban J connectivity index is 3.07. The van der Waals surface area contributed by atoms with Crippen LogP contribution in [0.3, 0.4) is 0 Å². The van der Waals surface area contributed by atoms with E-state index in [4.69, 9.17) is 5.11 Å². The summed E-state index contributed by atoms with van der Waals surface area (Å²) in [6.07, 6.45) is 1.38. The molecule has 1 atom stereocenters. The molecule has 0 aliphatic carbocycles. The molecule has 7 heteroatoms. The number of rotatable bonds is 6. The van der Waals surface area contributed by atoms with Crippen LogP contribution in [0.5, 0.6) is 0 Å². The van der Waals surface area contributed by atoms with Gasteiger partial charge < -0.3 is 10.4 Å². The molecule has 2 N–H and O–H groups in total. The SMILES string of the molecule is C=CCC(NC(=O)c1cc(C)ccc1[N+](=O)[O-])C(=O)O. The molecule has 0 fully saturated rings. The first-order chi connectivity index (χ1) is 9.36. The quantitative estimate of drug-likeness (QED) is 0.467. The first-order valence-corrected chi connectivity index (χ1v) is 5.76. The van der Waals surface area contributed by atoms with Crippen molar-refractivity contribution in [3.8, 4) is 0 Å². The molecule has 0 saturated heterocycles. The third-order valence-corrected chi connectivity index (χ3v) is 2.60. The maximum Gasteiger partial charge on any atom is 0.326 e. The predicted octanol–water partition coefficient (Wildman–Crippen LogP) is 1.66. The Morgan fingerprint density at radius 1 is 1.55 bits per heavy atom. The zero-order valence-corrected chi connectivity index (χ0v) is 10.8. The van der Waals surface area contributed by atoms with Crippen molar-refractivity contribution in [2.45, 2.75) is 19.4 Å². The summed E-state index contributed by atoms with van der Waals surface area (Å²) in [4.78, 5) is 33.1. The van der Waals surface area contributed by atoms with E-state index in [2.05, 4.69) is 11.9 Å². The lowest BCUT2D eigenvalue weighted by Gasteiger charge is -2.12. The maximum atomic E-state index is 12.0. The molecule has 0 spiro atoms. The molecule has 0 heterocycles. The van der Waals surface area contributed by atoms with Gasteiger partial charge in [0.25, 0.3) is 11.6 Å². The molecule has 0 aromatic heterocycles. The molecular formula is C13H14N2O5. The van der Waals surface area contributed by atoms with Gasteiger partial charge >= 0.3 is 5.97 Å². The van der Waals surface area contributed by atoms with Crippen molar-refractivity contribution in [2.24, 2.45) is 0 Å². The molecule has 0 bridgehead atoms. The third kappa shape index (κ3) is 3.64. The zero-order valence-electron chi connectivity index (χ0n) is 10.8. The number of carbonyl (C=O) groups excluding carboxylic acids is 1. The van der Waals surface area contributed by atoms with Gasteiger partial charge in [-0.3, -0.25) is 14.9 Å². The van der Waals surface area contributed by atoms with Gasteiger partial charge in [-0.15, -0.1) is 6.58 Å². The second-order valence-electron chi connectivity index (χ2n) is 4.17. The molecule has 0 radical (unpaired) electrons. The molecular weight excluding hydrogens is 264 g/mol. The Labute approximate surface area is 115 Å². The lowest BCUT2D eigenvalue weighted by Crippen LogP contribution is -2.40. The summed E-state index contributed by atoms with van der Waals surface area (Å²) in [5.74, 6) is -2.02. The smallest absolute Gasteiger partial charge is 0.326 e. The van der Waals surface area contributed by atoms with E-state index >= 15 is 0 Å². The van der Waals surface area contributed by atoms with Gasteiger partial charge in [0.2, 0.25) is 0 Å². The predicted molar refractivity (Wildman–Crippen MR) is 71.5 cm³/mol. The molecule has 1 amide bonds. The fourth-order valence-electron chi connectivity index (χ4n) is 1.62. The Morgan fingerprint density at radius 3 is 2.70 bits per heavy atom. The zero-order chi connectivity index (χ0) is 15.3. The van der Waals surface area contributed by atoms with Crippen LogP contribution in [0, 0.1) is 17.0 Å². The molecule has 0 aliphatic heterocycles. The number of carbonyl (C=O) groups is 2. The first kappa shape index (κ1) is 15.4. The molecule has 1 unspecified atom stereocenters. The van der Waals surface area contributed by atoms with Crippen LogP contribution >= 0.6 is 0 Å². The topological polar surface area (TPSA) is 110 Å². The number of benzene rings is 1. The average Bonchev–Trinajstić information content (AvgIpc) is 2.37. The minimum atomic E-state index is -1.23. The van der Waals surface area contributed by atoms with E-state index in [1.807, 2.05) is 0 Å². The van der Waals surface area contributed by atoms with E-state index < -0.39 is 22.8 Å². The molecule has 20 heavy (non-hydrogen) atoms. The van der Waals surface area contributed by atoms with E-state index in [0.29, 0.717) is 5.56 Å². The fraction of sp³-hybridized carbons (Fsp3) is 0.231. The highest BCUT2D eigenvalue weighted by atomic mass is 16.6. The Morgan fingerprint density at radius 2 is 2.20 bits per heavy atom. The van der Waals surface area contributed by atoms with Crippen LogP contribution in [-0.2, 0) is 4.79 Å². The number of aliphatic carboxylic acids is 1. The summed E-state index contributed by atoms with van der Waals surface area (Å²) in [6.45, 7) is 5.08. The van der Waals surface area contributed by atoms with Crippen LogP contribution in [0.2, 0.25) is 0 Å². The number of nitro groups is 1. The van der Waals surface area contributed by atoms with Crippen molar-refractivity contribution in [2.75, 3.05) is 0 Å². The van der Waals surface area contributed by atoms with Gasteiger partial charge in [-0.2, -0.15) is 0 Å². The largest absolute Gasteiger partial charge is 0.480 e. The normalized spacial score (nSPS) is 11.4. The molecule has 1 aromatic carbocycles. The highest BCUT2D eigenvalue weighted by molar-refractivity contribution is 6.00. The molecule has 0 saturated carbocycles. The Hall–Kier alpha value is -2.70. The summed E-state index contributed by atoms with van der Waals surface area (Å²) in [5.41, 5.74) is 0.137. The molecule has 7 nitrogen and oxygen atoms in total. The number of hydrogen-bond acceptors (Lipinski definition) is 4. The van der Waals surface area contributed by atoms with Crippen molar-refractivity contribution in [3.63, 3.8) is 0 Å². The number of nitro benzene ring substituents is 1. The first-order valence-electron chi connectivity index (χ1n) is 5.76. The van der Waals surface area contributed by atoms with Crippen LogP contribution in [-0.4, -0.2) is 27.9 Å². The molecule has 0 aliphatic rings. The van der Waals surface area contributed by atoms with Gasteiger partial charge in [-0.1, -0.05) is 12.1 Å². The highest BCUT2D eigenvalue weighted by Crippen LogP contribution is 2.20. The lowest BCUT2D eigenvalue weighted by atomic mass is 10.1. The number of amides is 1. The second-order valence-corrected chi connectivity index (χ2v) is 4.17. The van der Waals surface area contributed by atoms with Crippen LogP contribution < -0.4 is 5.32 Å². The summed E-state index contributed by atoms with van der Waals surface area (Å²) >= 11 is 0. The van der Waals surface area contributed by atoms with Crippen molar-refractivity contribution in [3.05, 3.63) is 52.1 Å². The van der Waals surface area contributed by atoms with Gasteiger partial charge in [0.1, 0.15) is 11.6 Å². The standard InChI is InChI=1S/C13H14N2O5/c1-3-4-10(13(17)18)14-12(16)9-7-8(2)5-6-11(9)15(19)20/h3,5-7,10H,1,4H2,2H3,(H,14,16)(H,17,18). The van der Waals surface area contributed by atoms with Crippen molar-refractivity contribution >= 4 is 17.6 Å². The average molecular weight is 278 g/mol. The number of nitrogens with zero attached hydrogens (tertiary/aromatic N) is 1. The van der Waals surface area contributed by atoms with E-state index in [1.165, 1.54) is 24.3 Å². The number of hydrogen-bond donors (Lipinski definition) is 2. The van der Waals surface area contributed by atoms with Crippen molar-refractivity contribution in [1.82, 2.24) is 5.32 Å². The van der Waals surface area contributed by atoms with E-state index in [0.717, 1.165) is 0 Å².